The molecule has 0 bridgehead atoms. The van der Waals surface area contributed by atoms with Crippen molar-refractivity contribution >= 4 is 55.4 Å². The van der Waals surface area contributed by atoms with Crippen LogP contribution < -0.4 is 15.9 Å². The fourth-order valence-corrected chi connectivity index (χ4v) is 10.7. The summed E-state index contributed by atoms with van der Waals surface area (Å²) in [5, 5.41) is 8.77. The van der Waals surface area contributed by atoms with E-state index in [9.17, 15) is 0 Å². The summed E-state index contributed by atoms with van der Waals surface area (Å²) < 4.78 is 17.0. The minimum Gasteiger partial charge on any atom is -0.309 e. The van der Waals surface area contributed by atoms with Crippen LogP contribution in [0.1, 0.15) is 0 Å². The summed E-state index contributed by atoms with van der Waals surface area (Å²) in [7, 11) is -3.55. The van der Waals surface area contributed by atoms with Gasteiger partial charge in [-0.3, -0.25) is 0 Å². The Kier molecular flexibility index (Phi) is 7.50. The van der Waals surface area contributed by atoms with E-state index in [2.05, 4.69) is 182 Å². The molecule has 9 aromatic carbocycles. The Morgan fingerprint density at radius 3 is 0.860 bits per heavy atom. The van der Waals surface area contributed by atoms with Crippen LogP contribution in [0.2, 0.25) is 0 Å². The summed E-state index contributed by atoms with van der Waals surface area (Å²) in [5.41, 5.74) is 6.71. The number of hydrogen-bond acceptors (Lipinski definition) is 1. The Labute approximate surface area is 292 Å². The molecular weight excluding hydrogens is 624 g/mol. The molecule has 0 radical (unpaired) electrons. The van der Waals surface area contributed by atoms with Gasteiger partial charge in [-0.15, -0.1) is 0 Å². The average Bonchev–Trinajstić information content (AvgIpc) is 3.20. The van der Waals surface area contributed by atoms with E-state index >= 15 is 4.57 Å². The average molecular weight is 657 g/mol. The van der Waals surface area contributed by atoms with Crippen LogP contribution in [0.25, 0.3) is 65.7 Å². The van der Waals surface area contributed by atoms with Crippen molar-refractivity contribution in [3.05, 3.63) is 200 Å². The van der Waals surface area contributed by atoms with Gasteiger partial charge in [-0.1, -0.05) is 182 Å². The zero-order valence-corrected chi connectivity index (χ0v) is 28.3. The van der Waals surface area contributed by atoms with Crippen LogP contribution in [-0.4, -0.2) is 0 Å². The second-order valence-corrected chi connectivity index (χ2v) is 15.5. The van der Waals surface area contributed by atoms with E-state index in [1.807, 2.05) is 18.2 Å². The van der Waals surface area contributed by atoms with E-state index in [0.717, 1.165) is 81.6 Å². The molecule has 0 aliphatic rings. The molecule has 9 rings (SSSR count). The van der Waals surface area contributed by atoms with Gasteiger partial charge in [-0.05, 0) is 83.9 Å². The number of rotatable bonds is 6. The van der Waals surface area contributed by atoms with E-state index in [-0.39, 0.29) is 0 Å². The molecule has 236 valence electrons. The van der Waals surface area contributed by atoms with Gasteiger partial charge in [0, 0.05) is 15.9 Å². The first-order valence-corrected chi connectivity index (χ1v) is 18.7. The van der Waals surface area contributed by atoms with Crippen molar-refractivity contribution in [3.63, 3.8) is 0 Å². The second-order valence-electron chi connectivity index (χ2n) is 12.8. The molecule has 0 N–H and O–H groups in total. The predicted octanol–water partition coefficient (Wildman–Crippen LogP) is 11.8. The third-order valence-electron chi connectivity index (χ3n) is 9.92. The Morgan fingerprint density at radius 2 is 0.560 bits per heavy atom. The summed E-state index contributed by atoms with van der Waals surface area (Å²) >= 11 is 0. The molecule has 1 nitrogen and oxygen atoms in total. The summed E-state index contributed by atoms with van der Waals surface area (Å²) in [6.07, 6.45) is 0. The Balaban J connectivity index is 1.39. The number of hydrogen-bond donors (Lipinski definition) is 0. The highest BCUT2D eigenvalue weighted by molar-refractivity contribution is 7.86. The zero-order valence-electron chi connectivity index (χ0n) is 27.4. The lowest BCUT2D eigenvalue weighted by atomic mass is 10.0. The molecule has 0 atom stereocenters. The van der Waals surface area contributed by atoms with Gasteiger partial charge in [0.25, 0.3) is 0 Å². The van der Waals surface area contributed by atoms with Gasteiger partial charge < -0.3 is 4.57 Å². The summed E-state index contributed by atoms with van der Waals surface area (Å²) in [6.45, 7) is 0. The molecule has 0 fully saturated rings. The summed E-state index contributed by atoms with van der Waals surface area (Å²) in [4.78, 5) is 0. The first kappa shape index (κ1) is 30.1. The molecule has 0 saturated heterocycles. The Morgan fingerprint density at radius 1 is 0.260 bits per heavy atom. The highest BCUT2D eigenvalue weighted by Crippen LogP contribution is 2.49. The van der Waals surface area contributed by atoms with Crippen molar-refractivity contribution in [3.8, 4) is 33.4 Å². The van der Waals surface area contributed by atoms with Gasteiger partial charge >= 0.3 is 0 Å². The Bertz CT molecular complexity index is 2410. The van der Waals surface area contributed by atoms with E-state index in [4.69, 9.17) is 0 Å². The van der Waals surface area contributed by atoms with Crippen molar-refractivity contribution in [2.24, 2.45) is 0 Å². The minimum absolute atomic E-state index is 0.850. The van der Waals surface area contributed by atoms with Gasteiger partial charge in [0.15, 0.2) is 7.14 Å². The predicted molar refractivity (Wildman–Crippen MR) is 215 cm³/mol. The summed E-state index contributed by atoms with van der Waals surface area (Å²) in [6, 6.07) is 69.9. The molecule has 0 aliphatic carbocycles. The number of benzene rings is 9. The lowest BCUT2D eigenvalue weighted by Crippen LogP contribution is -2.27. The smallest absolute Gasteiger partial charge is 0.172 e. The van der Waals surface area contributed by atoms with Crippen LogP contribution in [0.15, 0.2) is 200 Å². The molecule has 50 heavy (non-hydrogen) atoms. The van der Waals surface area contributed by atoms with Crippen molar-refractivity contribution in [1.82, 2.24) is 0 Å². The normalized spacial score (nSPS) is 11.7. The van der Waals surface area contributed by atoms with E-state index in [0.29, 0.717) is 0 Å². The van der Waals surface area contributed by atoms with Crippen LogP contribution in [0.4, 0.5) is 0 Å². The Hall–Kier alpha value is -6.01. The fourth-order valence-electron chi connectivity index (χ4n) is 7.41. The molecule has 0 heterocycles. The first-order valence-electron chi connectivity index (χ1n) is 17.0. The largest absolute Gasteiger partial charge is 0.309 e. The molecular formula is C48H33OP. The maximum atomic E-state index is 17.0. The minimum atomic E-state index is -3.55. The molecule has 0 spiro atoms. The summed E-state index contributed by atoms with van der Waals surface area (Å²) in [5.74, 6) is 0. The first-order chi connectivity index (χ1) is 24.7. The highest BCUT2D eigenvalue weighted by Gasteiger charge is 2.34. The van der Waals surface area contributed by atoms with Crippen LogP contribution in [0.5, 0.6) is 0 Å². The molecule has 0 unspecified atom stereocenters. The standard InChI is InChI=1S/C48H33OP/c49-50(46-22-10-19-37-25-28-40(31-43(37)46)34-13-4-1-5-14-34,47-23-11-20-38-26-29-41(32-44(38)47)35-15-6-2-7-16-35)48-24-12-21-39-27-30-42(33-45(39)48)36-17-8-3-9-18-36/h1-33H. The van der Waals surface area contributed by atoms with Crippen molar-refractivity contribution in [2.45, 2.75) is 0 Å². The topological polar surface area (TPSA) is 17.1 Å². The van der Waals surface area contributed by atoms with Crippen LogP contribution in [0.3, 0.4) is 0 Å². The number of fused-ring (bicyclic) bond motifs is 3. The van der Waals surface area contributed by atoms with Crippen LogP contribution >= 0.6 is 7.14 Å². The molecule has 0 aromatic heterocycles. The second kappa shape index (κ2) is 12.5. The maximum Gasteiger partial charge on any atom is 0.172 e. The monoisotopic (exact) mass is 656 g/mol. The fraction of sp³-hybridized carbons (Fsp3) is 0. The third-order valence-corrected chi connectivity index (χ3v) is 13.1. The molecule has 0 saturated carbocycles. The van der Waals surface area contributed by atoms with Crippen LogP contribution in [-0.2, 0) is 4.57 Å². The third kappa shape index (κ3) is 5.15. The molecule has 9 aromatic rings. The van der Waals surface area contributed by atoms with Crippen molar-refractivity contribution in [2.75, 3.05) is 0 Å². The van der Waals surface area contributed by atoms with Crippen LogP contribution in [0, 0.1) is 0 Å². The van der Waals surface area contributed by atoms with E-state index < -0.39 is 7.14 Å². The SMILES string of the molecule is O=P(c1cccc2ccc(-c3ccccc3)cc12)(c1cccc2ccc(-c3ccccc3)cc12)c1cccc2ccc(-c3ccccc3)cc12. The van der Waals surface area contributed by atoms with Gasteiger partial charge in [-0.25, -0.2) is 0 Å². The highest BCUT2D eigenvalue weighted by atomic mass is 31.2. The van der Waals surface area contributed by atoms with Gasteiger partial charge in [0.2, 0.25) is 0 Å². The lowest BCUT2D eigenvalue weighted by molar-refractivity contribution is 0.593. The quantitative estimate of drug-likeness (QED) is 0.163. The van der Waals surface area contributed by atoms with Crippen molar-refractivity contribution in [1.29, 1.82) is 0 Å². The maximum absolute atomic E-state index is 17.0. The van der Waals surface area contributed by atoms with Gasteiger partial charge in [0.05, 0.1) is 0 Å². The molecule has 2 heteroatoms. The van der Waals surface area contributed by atoms with E-state index in [1.54, 1.807) is 0 Å². The zero-order chi connectivity index (χ0) is 33.5. The molecule has 0 aliphatic heterocycles. The van der Waals surface area contributed by atoms with Gasteiger partial charge in [-0.2, -0.15) is 0 Å². The molecule has 0 amide bonds. The lowest BCUT2D eigenvalue weighted by Gasteiger charge is -2.25. The van der Waals surface area contributed by atoms with Crippen molar-refractivity contribution < 1.29 is 4.57 Å². The van der Waals surface area contributed by atoms with Gasteiger partial charge in [0.1, 0.15) is 0 Å². The van der Waals surface area contributed by atoms with E-state index in [1.165, 1.54) is 0 Å².